The fourth-order valence-corrected chi connectivity index (χ4v) is 6.90. The normalized spacial score (nSPS) is 15.5. The summed E-state index contributed by atoms with van der Waals surface area (Å²) in [4.78, 5) is 7.16. The molecule has 3 aromatic rings. The number of hydrogen-bond acceptors (Lipinski definition) is 5. The lowest BCUT2D eigenvalue weighted by atomic mass is 10.1. The minimum atomic E-state index is -3.35. The van der Waals surface area contributed by atoms with Gasteiger partial charge in [0.05, 0.1) is 20.9 Å². The number of aromatic nitrogens is 1. The number of nitrogens with zero attached hydrogens (tertiary/aromatic N) is 2. The summed E-state index contributed by atoms with van der Waals surface area (Å²) in [6, 6.07) is 11.7. The highest BCUT2D eigenvalue weighted by Crippen LogP contribution is 2.30. The van der Waals surface area contributed by atoms with Crippen LogP contribution >= 0.6 is 38.9 Å². The lowest BCUT2D eigenvalue weighted by Gasteiger charge is -2.31. The molecule has 2 heterocycles. The molecule has 0 atom stereocenters. The fourth-order valence-electron chi connectivity index (χ4n) is 3.58. The third-order valence-electron chi connectivity index (χ3n) is 5.18. The lowest BCUT2D eigenvalue weighted by Crippen LogP contribution is -2.39. The van der Waals surface area contributed by atoms with Crippen molar-refractivity contribution in [1.82, 2.24) is 4.98 Å². The molecule has 9 heteroatoms. The average molecular weight is 530 g/mol. The van der Waals surface area contributed by atoms with E-state index in [0.29, 0.717) is 37.2 Å². The van der Waals surface area contributed by atoms with Crippen molar-refractivity contribution in [2.24, 2.45) is 0 Å². The van der Waals surface area contributed by atoms with Crippen LogP contribution in [0.1, 0.15) is 24.1 Å². The molecule has 30 heavy (non-hydrogen) atoms. The Morgan fingerprint density at radius 2 is 1.97 bits per heavy atom. The van der Waals surface area contributed by atoms with Crippen LogP contribution in [0.25, 0.3) is 0 Å². The highest BCUT2D eigenvalue weighted by Gasteiger charge is 2.32. The largest absolute Gasteiger partial charge is 0.348 e. The SMILES string of the molecule is O=S(=O)(c1cccc(Br)c1)C1CCN(c2nc(Cc3ccc(Cl)c(F)c3)cs2)CC1. The number of sulfone groups is 1. The second kappa shape index (κ2) is 8.94. The maximum atomic E-state index is 13.6. The first-order valence-electron chi connectivity index (χ1n) is 9.45. The van der Waals surface area contributed by atoms with Crippen LogP contribution in [0, 0.1) is 5.82 Å². The van der Waals surface area contributed by atoms with E-state index >= 15 is 0 Å². The smallest absolute Gasteiger partial charge is 0.185 e. The summed E-state index contributed by atoms with van der Waals surface area (Å²) in [5.41, 5.74) is 1.67. The van der Waals surface area contributed by atoms with Crippen molar-refractivity contribution >= 4 is 53.8 Å². The average Bonchev–Trinajstić information content (AvgIpc) is 3.19. The van der Waals surface area contributed by atoms with Gasteiger partial charge in [0, 0.05) is 29.4 Å². The zero-order chi connectivity index (χ0) is 21.3. The van der Waals surface area contributed by atoms with Gasteiger partial charge in [-0.15, -0.1) is 11.3 Å². The second-order valence-electron chi connectivity index (χ2n) is 7.24. The maximum absolute atomic E-state index is 13.6. The summed E-state index contributed by atoms with van der Waals surface area (Å²) >= 11 is 10.6. The molecular weight excluding hydrogens is 511 g/mol. The summed E-state index contributed by atoms with van der Waals surface area (Å²) in [7, 11) is -3.35. The van der Waals surface area contributed by atoms with E-state index in [1.165, 1.54) is 17.4 Å². The van der Waals surface area contributed by atoms with E-state index in [0.717, 1.165) is 20.9 Å². The molecule has 0 unspecified atom stereocenters. The molecule has 1 fully saturated rings. The molecule has 0 spiro atoms. The molecule has 4 rings (SSSR count). The molecule has 4 nitrogen and oxygen atoms in total. The lowest BCUT2D eigenvalue weighted by molar-refractivity contribution is 0.529. The van der Waals surface area contributed by atoms with Crippen molar-refractivity contribution in [3.8, 4) is 0 Å². The van der Waals surface area contributed by atoms with Crippen LogP contribution < -0.4 is 4.90 Å². The van der Waals surface area contributed by atoms with E-state index in [1.54, 1.807) is 30.3 Å². The monoisotopic (exact) mass is 528 g/mol. The van der Waals surface area contributed by atoms with E-state index in [2.05, 4.69) is 25.8 Å². The van der Waals surface area contributed by atoms with E-state index < -0.39 is 15.7 Å². The minimum Gasteiger partial charge on any atom is -0.348 e. The van der Waals surface area contributed by atoms with Gasteiger partial charge >= 0.3 is 0 Å². The Labute approximate surface area is 192 Å². The Kier molecular flexibility index (Phi) is 6.48. The molecule has 0 N–H and O–H groups in total. The summed E-state index contributed by atoms with van der Waals surface area (Å²) in [6.45, 7) is 1.28. The van der Waals surface area contributed by atoms with Gasteiger partial charge in [-0.2, -0.15) is 0 Å². The highest BCUT2D eigenvalue weighted by atomic mass is 79.9. The quantitative estimate of drug-likeness (QED) is 0.423. The van der Waals surface area contributed by atoms with Crippen molar-refractivity contribution in [1.29, 1.82) is 0 Å². The van der Waals surface area contributed by atoms with Gasteiger partial charge in [0.25, 0.3) is 0 Å². The van der Waals surface area contributed by atoms with E-state index in [-0.39, 0.29) is 10.3 Å². The van der Waals surface area contributed by atoms with Crippen LogP contribution in [0.2, 0.25) is 5.02 Å². The van der Waals surface area contributed by atoms with E-state index in [4.69, 9.17) is 11.6 Å². The Hall–Kier alpha value is -1.48. The van der Waals surface area contributed by atoms with Gasteiger partial charge in [-0.3, -0.25) is 0 Å². The Morgan fingerprint density at radius 3 is 2.67 bits per heavy atom. The van der Waals surface area contributed by atoms with Gasteiger partial charge in [0.1, 0.15) is 5.82 Å². The van der Waals surface area contributed by atoms with E-state index in [1.807, 2.05) is 11.4 Å². The van der Waals surface area contributed by atoms with Crippen molar-refractivity contribution in [2.75, 3.05) is 18.0 Å². The second-order valence-corrected chi connectivity index (χ2v) is 11.6. The van der Waals surface area contributed by atoms with Crippen LogP contribution in [-0.2, 0) is 16.3 Å². The molecule has 0 saturated carbocycles. The van der Waals surface area contributed by atoms with Crippen molar-refractivity contribution < 1.29 is 12.8 Å². The molecule has 1 aliphatic rings. The summed E-state index contributed by atoms with van der Waals surface area (Å²) in [6.07, 6.45) is 1.65. The number of rotatable bonds is 5. The molecule has 158 valence electrons. The van der Waals surface area contributed by atoms with Crippen molar-refractivity contribution in [3.63, 3.8) is 0 Å². The molecule has 1 aliphatic heterocycles. The van der Waals surface area contributed by atoms with Crippen molar-refractivity contribution in [3.05, 3.63) is 74.4 Å². The number of halogens is 3. The Balaban J connectivity index is 1.40. The Bertz CT molecular complexity index is 1160. The number of anilines is 1. The summed E-state index contributed by atoms with van der Waals surface area (Å²) in [5.74, 6) is -0.432. The predicted octanol–water partition coefficient (Wildman–Crippen LogP) is 5.73. The van der Waals surface area contributed by atoms with Crippen LogP contribution in [0.5, 0.6) is 0 Å². The predicted molar refractivity (Wildman–Crippen MR) is 123 cm³/mol. The van der Waals surface area contributed by atoms with Gasteiger partial charge in [0.15, 0.2) is 15.0 Å². The molecule has 0 bridgehead atoms. The van der Waals surface area contributed by atoms with Crippen molar-refractivity contribution in [2.45, 2.75) is 29.4 Å². The zero-order valence-electron chi connectivity index (χ0n) is 15.9. The molecule has 2 aromatic carbocycles. The third kappa shape index (κ3) is 4.72. The molecule has 0 amide bonds. The molecule has 0 radical (unpaired) electrons. The molecule has 0 aliphatic carbocycles. The molecule has 1 saturated heterocycles. The standard InChI is InChI=1S/C21H19BrClFN2O2S2/c22-15-2-1-3-18(12-15)30(27,28)17-6-8-26(9-7-17)21-25-16(13-29-21)10-14-4-5-19(23)20(24)11-14/h1-5,11-13,17H,6-10H2. The number of hydrogen-bond donors (Lipinski definition) is 0. The van der Waals surface area contributed by atoms with Crippen LogP contribution in [0.15, 0.2) is 57.2 Å². The topological polar surface area (TPSA) is 50.3 Å². The highest BCUT2D eigenvalue weighted by molar-refractivity contribution is 9.10. The van der Waals surface area contributed by atoms with Crippen LogP contribution in [0.3, 0.4) is 0 Å². The molecular formula is C21H19BrClFN2O2S2. The summed E-state index contributed by atoms with van der Waals surface area (Å²) < 4.78 is 40.3. The minimum absolute atomic E-state index is 0.110. The van der Waals surface area contributed by atoms with Crippen LogP contribution in [-0.4, -0.2) is 31.7 Å². The maximum Gasteiger partial charge on any atom is 0.185 e. The Morgan fingerprint density at radius 1 is 1.20 bits per heavy atom. The van der Waals surface area contributed by atoms with Gasteiger partial charge in [-0.1, -0.05) is 39.7 Å². The first kappa shape index (κ1) is 21.7. The van der Waals surface area contributed by atoms with Gasteiger partial charge < -0.3 is 4.90 Å². The number of benzene rings is 2. The summed E-state index contributed by atoms with van der Waals surface area (Å²) in [5, 5.41) is 2.56. The number of piperidine rings is 1. The van der Waals surface area contributed by atoms with Crippen LogP contribution in [0.4, 0.5) is 9.52 Å². The molecule has 1 aromatic heterocycles. The van der Waals surface area contributed by atoms with Gasteiger partial charge in [-0.25, -0.2) is 17.8 Å². The first-order chi connectivity index (χ1) is 14.3. The number of thiazole rings is 1. The van der Waals surface area contributed by atoms with Gasteiger partial charge in [0.2, 0.25) is 0 Å². The fraction of sp³-hybridized carbons (Fsp3) is 0.286. The van der Waals surface area contributed by atoms with E-state index in [9.17, 15) is 12.8 Å². The third-order valence-corrected chi connectivity index (χ3v) is 9.19. The van der Waals surface area contributed by atoms with Gasteiger partial charge in [-0.05, 0) is 48.7 Å². The zero-order valence-corrected chi connectivity index (χ0v) is 19.9. The first-order valence-corrected chi connectivity index (χ1v) is 13.1.